The molecular formula is C5H12O6S. The molecule has 0 heterocycles. The number of rotatable bonds is 5. The number of aliphatic hydroxyl groups is 2. The molecule has 6 nitrogen and oxygen atoms in total. The molecule has 0 radical (unpaired) electrons. The minimum atomic E-state index is -4.06. The summed E-state index contributed by atoms with van der Waals surface area (Å²) in [5.41, 5.74) is 0. The minimum absolute atomic E-state index is 0.356. The van der Waals surface area contributed by atoms with Crippen molar-refractivity contribution in [2.24, 2.45) is 0 Å². The Morgan fingerprint density at radius 3 is 2.25 bits per heavy atom. The van der Waals surface area contributed by atoms with Crippen LogP contribution in [0.4, 0.5) is 0 Å². The van der Waals surface area contributed by atoms with Gasteiger partial charge in [0.2, 0.25) is 0 Å². The van der Waals surface area contributed by atoms with Gasteiger partial charge in [-0.05, 0) is 6.92 Å². The Kier molecular flexibility index (Phi) is 4.64. The van der Waals surface area contributed by atoms with Crippen LogP contribution in [0, 0.1) is 0 Å². The smallest absolute Gasteiger partial charge is 0.267 e. The van der Waals surface area contributed by atoms with E-state index in [2.05, 4.69) is 4.74 Å². The molecule has 0 aromatic rings. The lowest BCUT2D eigenvalue weighted by Crippen LogP contribution is -2.27. The third-order valence-corrected chi connectivity index (χ3v) is 1.73. The van der Waals surface area contributed by atoms with Crippen molar-refractivity contribution in [1.82, 2.24) is 0 Å². The quantitative estimate of drug-likeness (QED) is 0.372. The van der Waals surface area contributed by atoms with E-state index in [4.69, 9.17) is 14.8 Å². The standard InChI is InChI=1S/C5H12O6S/c1-4(6)5(7)11-2-3-12(8,9)10/h4-7H,2-3H2,1H3,(H,8,9,10). The summed E-state index contributed by atoms with van der Waals surface area (Å²) in [6, 6.07) is 0. The van der Waals surface area contributed by atoms with Crippen molar-refractivity contribution in [3.8, 4) is 0 Å². The zero-order chi connectivity index (χ0) is 9.78. The number of hydrogen-bond donors (Lipinski definition) is 3. The summed E-state index contributed by atoms with van der Waals surface area (Å²) in [5.74, 6) is -0.600. The van der Waals surface area contributed by atoms with E-state index < -0.39 is 28.3 Å². The van der Waals surface area contributed by atoms with Crippen LogP contribution in [-0.4, -0.2) is 47.9 Å². The molecule has 2 unspecified atom stereocenters. The first-order valence-corrected chi connectivity index (χ1v) is 4.87. The van der Waals surface area contributed by atoms with Crippen LogP contribution >= 0.6 is 0 Å². The molecule has 0 saturated heterocycles. The van der Waals surface area contributed by atoms with Crippen molar-refractivity contribution in [3.05, 3.63) is 0 Å². The molecule has 0 aliphatic heterocycles. The van der Waals surface area contributed by atoms with Gasteiger partial charge in [0.05, 0.1) is 12.4 Å². The zero-order valence-corrected chi connectivity index (χ0v) is 7.36. The van der Waals surface area contributed by atoms with Gasteiger partial charge < -0.3 is 14.9 Å². The molecule has 7 heteroatoms. The molecular weight excluding hydrogens is 188 g/mol. The first kappa shape index (κ1) is 11.8. The Hall–Kier alpha value is -0.210. The zero-order valence-electron chi connectivity index (χ0n) is 6.54. The lowest BCUT2D eigenvalue weighted by atomic mass is 10.4. The van der Waals surface area contributed by atoms with E-state index in [1.54, 1.807) is 0 Å². The van der Waals surface area contributed by atoms with Gasteiger partial charge in [-0.15, -0.1) is 0 Å². The topological polar surface area (TPSA) is 104 Å². The third-order valence-electron chi connectivity index (χ3n) is 1.04. The maximum Gasteiger partial charge on any atom is 0.267 e. The SMILES string of the molecule is CC(O)C(O)OCCS(=O)(=O)O. The molecule has 0 fully saturated rings. The lowest BCUT2D eigenvalue weighted by Gasteiger charge is -2.13. The normalized spacial score (nSPS) is 17.3. The van der Waals surface area contributed by atoms with Crippen LogP contribution in [0.15, 0.2) is 0 Å². The second-order valence-corrected chi connectivity index (χ2v) is 3.86. The Balaban J connectivity index is 3.58. The first-order valence-electron chi connectivity index (χ1n) is 3.26. The molecule has 0 amide bonds. The van der Waals surface area contributed by atoms with E-state index in [9.17, 15) is 8.42 Å². The van der Waals surface area contributed by atoms with E-state index in [1.165, 1.54) is 6.92 Å². The molecule has 0 saturated carbocycles. The van der Waals surface area contributed by atoms with Gasteiger partial charge in [0.25, 0.3) is 10.1 Å². The second-order valence-electron chi connectivity index (χ2n) is 2.29. The van der Waals surface area contributed by atoms with Gasteiger partial charge in [-0.25, -0.2) is 0 Å². The van der Waals surface area contributed by atoms with E-state index in [0.29, 0.717) is 0 Å². The van der Waals surface area contributed by atoms with Crippen LogP contribution in [0.1, 0.15) is 6.92 Å². The van der Waals surface area contributed by atoms with Crippen molar-refractivity contribution in [2.45, 2.75) is 19.3 Å². The van der Waals surface area contributed by atoms with Crippen molar-refractivity contribution in [1.29, 1.82) is 0 Å². The predicted molar refractivity (Wildman–Crippen MR) is 40.1 cm³/mol. The highest BCUT2D eigenvalue weighted by Gasteiger charge is 2.12. The predicted octanol–water partition coefficient (Wildman–Crippen LogP) is -1.41. The Morgan fingerprint density at radius 1 is 1.42 bits per heavy atom. The number of ether oxygens (including phenoxy) is 1. The van der Waals surface area contributed by atoms with Gasteiger partial charge in [0.15, 0.2) is 6.29 Å². The third kappa shape index (κ3) is 6.50. The highest BCUT2D eigenvalue weighted by molar-refractivity contribution is 7.85. The van der Waals surface area contributed by atoms with Gasteiger partial charge in [-0.2, -0.15) is 8.42 Å². The molecule has 3 N–H and O–H groups in total. The number of hydrogen-bond acceptors (Lipinski definition) is 5. The van der Waals surface area contributed by atoms with Crippen molar-refractivity contribution < 1.29 is 27.9 Å². The van der Waals surface area contributed by atoms with Gasteiger partial charge in [-0.1, -0.05) is 0 Å². The highest BCUT2D eigenvalue weighted by atomic mass is 32.2. The summed E-state index contributed by atoms with van der Waals surface area (Å²) >= 11 is 0. The molecule has 2 atom stereocenters. The summed E-state index contributed by atoms with van der Waals surface area (Å²) < 4.78 is 32.9. The molecule has 74 valence electrons. The maximum absolute atomic E-state index is 10.1. The molecule has 0 aromatic carbocycles. The summed E-state index contributed by atoms with van der Waals surface area (Å²) in [7, 11) is -4.06. The lowest BCUT2D eigenvalue weighted by molar-refractivity contribution is -0.152. The summed E-state index contributed by atoms with van der Waals surface area (Å²) in [6.07, 6.45) is -2.52. The average Bonchev–Trinajstić information content (AvgIpc) is 1.84. The monoisotopic (exact) mass is 200 g/mol. The van der Waals surface area contributed by atoms with E-state index >= 15 is 0 Å². The van der Waals surface area contributed by atoms with Gasteiger partial charge in [0.1, 0.15) is 6.10 Å². The van der Waals surface area contributed by atoms with E-state index in [1.807, 2.05) is 0 Å². The molecule has 0 aromatic heterocycles. The molecule has 12 heavy (non-hydrogen) atoms. The minimum Gasteiger partial charge on any atom is -0.388 e. The molecule has 0 spiro atoms. The Morgan fingerprint density at radius 2 is 1.92 bits per heavy atom. The molecule has 0 aliphatic rings. The summed E-state index contributed by atoms with van der Waals surface area (Å²) in [5, 5.41) is 17.4. The van der Waals surface area contributed by atoms with Gasteiger partial charge in [-0.3, -0.25) is 4.55 Å². The van der Waals surface area contributed by atoms with Crippen LogP contribution < -0.4 is 0 Å². The van der Waals surface area contributed by atoms with Gasteiger partial charge in [0, 0.05) is 0 Å². The highest BCUT2D eigenvalue weighted by Crippen LogP contribution is 1.94. The van der Waals surface area contributed by atoms with Gasteiger partial charge >= 0.3 is 0 Å². The Bertz CT molecular complexity index is 208. The molecule has 0 rings (SSSR count). The first-order chi connectivity index (χ1) is 5.33. The largest absolute Gasteiger partial charge is 0.388 e. The Labute approximate surface area is 70.5 Å². The fraction of sp³-hybridized carbons (Fsp3) is 1.00. The fourth-order valence-electron chi connectivity index (χ4n) is 0.413. The van der Waals surface area contributed by atoms with E-state index in [-0.39, 0.29) is 6.61 Å². The van der Waals surface area contributed by atoms with E-state index in [0.717, 1.165) is 0 Å². The maximum atomic E-state index is 10.1. The average molecular weight is 200 g/mol. The summed E-state index contributed by atoms with van der Waals surface area (Å²) in [6.45, 7) is 0.934. The van der Waals surface area contributed by atoms with Crippen molar-refractivity contribution in [3.63, 3.8) is 0 Å². The van der Waals surface area contributed by atoms with Crippen LogP contribution in [0.5, 0.6) is 0 Å². The fourth-order valence-corrected chi connectivity index (χ4v) is 0.720. The van der Waals surface area contributed by atoms with Crippen molar-refractivity contribution >= 4 is 10.1 Å². The van der Waals surface area contributed by atoms with Crippen LogP contribution in [0.2, 0.25) is 0 Å². The van der Waals surface area contributed by atoms with Crippen molar-refractivity contribution in [2.75, 3.05) is 12.4 Å². The second kappa shape index (κ2) is 4.73. The van der Waals surface area contributed by atoms with Crippen LogP contribution in [-0.2, 0) is 14.9 Å². The molecule has 0 bridgehead atoms. The summed E-state index contributed by atoms with van der Waals surface area (Å²) in [4.78, 5) is 0. The van der Waals surface area contributed by atoms with Crippen LogP contribution in [0.25, 0.3) is 0 Å². The van der Waals surface area contributed by atoms with Crippen LogP contribution in [0.3, 0.4) is 0 Å². The molecule has 0 aliphatic carbocycles. The number of aliphatic hydroxyl groups excluding tert-OH is 2.